The summed E-state index contributed by atoms with van der Waals surface area (Å²) in [6.45, 7) is 4.49. The normalized spacial score (nSPS) is 11.1. The van der Waals surface area contributed by atoms with E-state index in [0.717, 1.165) is 0 Å². The van der Waals surface area contributed by atoms with E-state index in [9.17, 15) is 0 Å². The topological polar surface area (TPSA) is 3.24 Å². The maximum Gasteiger partial charge on any atom is 0.0367 e. The van der Waals surface area contributed by atoms with Gasteiger partial charge in [-0.3, -0.25) is 0 Å². The molecule has 84 valence electrons. The molecule has 0 fully saturated rings. The van der Waals surface area contributed by atoms with E-state index < -0.39 is 0 Å². The number of fused-ring (bicyclic) bond motifs is 1. The maximum absolute atomic E-state index is 2.28. The third-order valence-electron chi connectivity index (χ3n) is 3.04. The first-order valence-corrected chi connectivity index (χ1v) is 5.79. The maximum atomic E-state index is 2.28. The van der Waals surface area contributed by atoms with Crippen LogP contribution in [-0.4, -0.2) is 14.1 Å². The molecule has 0 N–H and O–H groups in total. The molecule has 0 spiro atoms. The second-order valence-electron chi connectivity index (χ2n) is 4.80. The van der Waals surface area contributed by atoms with E-state index >= 15 is 0 Å². The van der Waals surface area contributed by atoms with E-state index in [0.29, 0.717) is 5.92 Å². The van der Waals surface area contributed by atoms with Crippen LogP contribution in [0.4, 0.5) is 5.69 Å². The van der Waals surface area contributed by atoms with Crippen molar-refractivity contribution < 1.29 is 0 Å². The van der Waals surface area contributed by atoms with Crippen molar-refractivity contribution in [1.82, 2.24) is 0 Å². The Morgan fingerprint density at radius 3 is 2.38 bits per heavy atom. The molecule has 0 aromatic heterocycles. The zero-order chi connectivity index (χ0) is 11.7. The predicted molar refractivity (Wildman–Crippen MR) is 72.4 cm³/mol. The number of anilines is 1. The van der Waals surface area contributed by atoms with Gasteiger partial charge >= 0.3 is 0 Å². The van der Waals surface area contributed by atoms with Crippen LogP contribution < -0.4 is 4.90 Å². The minimum absolute atomic E-state index is 0.570. The molecule has 0 saturated heterocycles. The van der Waals surface area contributed by atoms with Crippen molar-refractivity contribution >= 4 is 16.5 Å². The first kappa shape index (κ1) is 11.0. The minimum atomic E-state index is 0.570. The monoisotopic (exact) mass is 213 g/mol. The van der Waals surface area contributed by atoms with Crippen molar-refractivity contribution in [3.8, 4) is 0 Å². The van der Waals surface area contributed by atoms with Gasteiger partial charge in [-0.05, 0) is 34.4 Å². The van der Waals surface area contributed by atoms with Gasteiger partial charge in [-0.15, -0.1) is 0 Å². The highest BCUT2D eigenvalue weighted by molar-refractivity contribution is 5.89. The number of nitrogens with zero attached hydrogens (tertiary/aromatic N) is 1. The Kier molecular flexibility index (Phi) is 2.86. The van der Waals surface area contributed by atoms with Crippen LogP contribution in [0, 0.1) is 0 Å². The minimum Gasteiger partial charge on any atom is -0.378 e. The lowest BCUT2D eigenvalue weighted by Gasteiger charge is -2.15. The lowest BCUT2D eigenvalue weighted by Crippen LogP contribution is -2.08. The number of hydrogen-bond donors (Lipinski definition) is 0. The fourth-order valence-corrected chi connectivity index (χ4v) is 2.07. The summed E-state index contributed by atoms with van der Waals surface area (Å²) in [6, 6.07) is 13.2. The summed E-state index contributed by atoms with van der Waals surface area (Å²) in [4.78, 5) is 2.15. The van der Waals surface area contributed by atoms with Gasteiger partial charge in [0.1, 0.15) is 0 Å². The van der Waals surface area contributed by atoms with Crippen molar-refractivity contribution in [2.24, 2.45) is 0 Å². The Hall–Kier alpha value is -1.50. The highest BCUT2D eigenvalue weighted by atomic mass is 15.1. The van der Waals surface area contributed by atoms with E-state index in [-0.39, 0.29) is 0 Å². The standard InChI is InChI=1S/C15H19N/c1-11(2)14-7-5-6-12-8-9-13(16(3)4)10-15(12)14/h5-11H,1-4H3. The summed E-state index contributed by atoms with van der Waals surface area (Å²) in [5, 5.41) is 2.71. The van der Waals surface area contributed by atoms with Crippen molar-refractivity contribution in [2.75, 3.05) is 19.0 Å². The second kappa shape index (κ2) is 4.17. The molecule has 0 bridgehead atoms. The molecular formula is C15H19N. The molecule has 0 aliphatic rings. The molecule has 0 saturated carbocycles. The van der Waals surface area contributed by atoms with Crippen molar-refractivity contribution in [3.05, 3.63) is 42.0 Å². The smallest absolute Gasteiger partial charge is 0.0367 e. The van der Waals surface area contributed by atoms with Gasteiger partial charge < -0.3 is 4.90 Å². The number of benzene rings is 2. The molecule has 16 heavy (non-hydrogen) atoms. The molecule has 2 aromatic carbocycles. The van der Waals surface area contributed by atoms with E-state index in [1.165, 1.54) is 22.0 Å². The molecular weight excluding hydrogens is 194 g/mol. The molecule has 0 heterocycles. The summed E-state index contributed by atoms with van der Waals surface area (Å²) in [5.74, 6) is 0.570. The average Bonchev–Trinajstić information content (AvgIpc) is 2.27. The lowest BCUT2D eigenvalue weighted by atomic mass is 9.96. The average molecular weight is 213 g/mol. The Labute approximate surface area is 97.7 Å². The molecule has 0 unspecified atom stereocenters. The van der Waals surface area contributed by atoms with Crippen LogP contribution in [0.5, 0.6) is 0 Å². The summed E-state index contributed by atoms with van der Waals surface area (Å²) >= 11 is 0. The molecule has 0 amide bonds. The zero-order valence-corrected chi connectivity index (χ0v) is 10.5. The molecule has 1 nitrogen and oxygen atoms in total. The molecule has 0 radical (unpaired) electrons. The summed E-state index contributed by atoms with van der Waals surface area (Å²) < 4.78 is 0. The van der Waals surface area contributed by atoms with Gasteiger partial charge in [0.15, 0.2) is 0 Å². The van der Waals surface area contributed by atoms with E-state index in [2.05, 4.69) is 69.2 Å². The van der Waals surface area contributed by atoms with Gasteiger partial charge in [-0.2, -0.15) is 0 Å². The van der Waals surface area contributed by atoms with Crippen molar-refractivity contribution in [1.29, 1.82) is 0 Å². The van der Waals surface area contributed by atoms with Crippen LogP contribution in [0.3, 0.4) is 0 Å². The molecule has 0 aliphatic heterocycles. The first-order valence-electron chi connectivity index (χ1n) is 5.79. The van der Waals surface area contributed by atoms with Gasteiger partial charge in [0, 0.05) is 19.8 Å². The predicted octanol–water partition coefficient (Wildman–Crippen LogP) is 4.03. The lowest BCUT2D eigenvalue weighted by molar-refractivity contribution is 0.876. The fourth-order valence-electron chi connectivity index (χ4n) is 2.07. The highest BCUT2D eigenvalue weighted by Crippen LogP contribution is 2.28. The molecule has 0 aliphatic carbocycles. The summed E-state index contributed by atoms with van der Waals surface area (Å²) in [5.41, 5.74) is 2.70. The van der Waals surface area contributed by atoms with E-state index in [1.807, 2.05) is 0 Å². The molecule has 1 heteroatoms. The number of rotatable bonds is 2. The third kappa shape index (κ3) is 1.90. The summed E-state index contributed by atoms with van der Waals surface area (Å²) in [7, 11) is 4.16. The van der Waals surface area contributed by atoms with Gasteiger partial charge in [0.25, 0.3) is 0 Å². The molecule has 2 rings (SSSR count). The number of hydrogen-bond acceptors (Lipinski definition) is 1. The van der Waals surface area contributed by atoms with Crippen molar-refractivity contribution in [3.63, 3.8) is 0 Å². The highest BCUT2D eigenvalue weighted by Gasteiger charge is 2.06. The first-order chi connectivity index (χ1) is 7.59. The Balaban J connectivity index is 2.68. The van der Waals surface area contributed by atoms with E-state index in [1.54, 1.807) is 0 Å². The van der Waals surface area contributed by atoms with Crippen LogP contribution in [-0.2, 0) is 0 Å². The van der Waals surface area contributed by atoms with Crippen LogP contribution in [0.25, 0.3) is 10.8 Å². The Morgan fingerprint density at radius 1 is 1.00 bits per heavy atom. The Bertz CT molecular complexity index is 498. The van der Waals surface area contributed by atoms with Crippen LogP contribution in [0.2, 0.25) is 0 Å². The van der Waals surface area contributed by atoms with Crippen LogP contribution in [0.15, 0.2) is 36.4 Å². The molecule has 2 aromatic rings. The Morgan fingerprint density at radius 2 is 1.75 bits per heavy atom. The van der Waals surface area contributed by atoms with Crippen LogP contribution >= 0.6 is 0 Å². The van der Waals surface area contributed by atoms with Gasteiger partial charge in [0.05, 0.1) is 0 Å². The molecule has 0 atom stereocenters. The van der Waals surface area contributed by atoms with Gasteiger partial charge in [0.2, 0.25) is 0 Å². The van der Waals surface area contributed by atoms with Gasteiger partial charge in [-0.1, -0.05) is 38.1 Å². The van der Waals surface area contributed by atoms with Crippen LogP contribution in [0.1, 0.15) is 25.3 Å². The van der Waals surface area contributed by atoms with Gasteiger partial charge in [-0.25, -0.2) is 0 Å². The quantitative estimate of drug-likeness (QED) is 0.728. The van der Waals surface area contributed by atoms with E-state index in [4.69, 9.17) is 0 Å². The third-order valence-corrected chi connectivity index (χ3v) is 3.04. The largest absolute Gasteiger partial charge is 0.378 e. The fraction of sp³-hybridized carbons (Fsp3) is 0.333. The zero-order valence-electron chi connectivity index (χ0n) is 10.5. The summed E-state index contributed by atoms with van der Waals surface area (Å²) in [6.07, 6.45) is 0. The SMILES string of the molecule is CC(C)c1cccc2ccc(N(C)C)cc12. The van der Waals surface area contributed by atoms with Crippen molar-refractivity contribution in [2.45, 2.75) is 19.8 Å². The second-order valence-corrected chi connectivity index (χ2v) is 4.80.